The molecule has 0 saturated carbocycles. The van der Waals surface area contributed by atoms with E-state index < -0.39 is 10.0 Å². The number of carbonyl (C=O) groups is 1. The van der Waals surface area contributed by atoms with Gasteiger partial charge in [0.25, 0.3) is 15.9 Å². The van der Waals surface area contributed by atoms with Gasteiger partial charge in [0, 0.05) is 15.8 Å². The molecule has 3 rings (SSSR count). The Morgan fingerprint density at radius 2 is 1.53 bits per heavy atom. The summed E-state index contributed by atoms with van der Waals surface area (Å²) in [5, 5.41) is 2.79. The summed E-state index contributed by atoms with van der Waals surface area (Å²) < 4.78 is 34.6. The van der Waals surface area contributed by atoms with Gasteiger partial charge in [0.1, 0.15) is 5.75 Å². The molecule has 0 aromatic heterocycles. The van der Waals surface area contributed by atoms with Gasteiger partial charge in [0.15, 0.2) is 0 Å². The first-order chi connectivity index (χ1) is 15.0. The quantitative estimate of drug-likeness (QED) is 0.408. The zero-order valence-corrected chi connectivity index (χ0v) is 20.7. The normalized spacial score (nSPS) is 11.3. The molecule has 0 aliphatic rings. The second-order valence-corrected chi connectivity index (χ2v) is 10.4. The first-order valence-corrected chi connectivity index (χ1v) is 12.3. The van der Waals surface area contributed by atoms with E-state index in [1.54, 1.807) is 42.5 Å². The van der Waals surface area contributed by atoms with Crippen LogP contribution in [0.5, 0.6) is 5.75 Å². The second-order valence-electron chi connectivity index (χ2n) is 7.77. The zero-order valence-electron chi connectivity index (χ0n) is 18.3. The van der Waals surface area contributed by atoms with Gasteiger partial charge in [-0.15, -0.1) is 0 Å². The van der Waals surface area contributed by atoms with Gasteiger partial charge >= 0.3 is 0 Å². The van der Waals surface area contributed by atoms with Crippen LogP contribution in [0.25, 0.3) is 0 Å². The first-order valence-electron chi connectivity index (χ1n) is 10.0. The van der Waals surface area contributed by atoms with Crippen molar-refractivity contribution in [1.82, 2.24) is 0 Å². The molecule has 3 aromatic rings. The highest BCUT2D eigenvalue weighted by Crippen LogP contribution is 2.26. The number of benzene rings is 3. The lowest BCUT2D eigenvalue weighted by Gasteiger charge is -2.15. The predicted molar refractivity (Wildman–Crippen MR) is 131 cm³/mol. The molecule has 32 heavy (non-hydrogen) atoms. The van der Waals surface area contributed by atoms with Gasteiger partial charge in [-0.1, -0.05) is 22.0 Å². The van der Waals surface area contributed by atoms with Crippen LogP contribution in [0.3, 0.4) is 0 Å². The van der Waals surface area contributed by atoms with Crippen molar-refractivity contribution in [3.63, 3.8) is 0 Å². The third-order valence-electron chi connectivity index (χ3n) is 4.45. The van der Waals surface area contributed by atoms with Crippen LogP contribution in [0.2, 0.25) is 0 Å². The topological polar surface area (TPSA) is 84.5 Å². The Hall–Kier alpha value is -2.84. The van der Waals surface area contributed by atoms with Crippen molar-refractivity contribution < 1.29 is 17.9 Å². The number of carbonyl (C=O) groups excluding carboxylic acids is 1. The average Bonchev–Trinajstić information content (AvgIpc) is 2.68. The van der Waals surface area contributed by atoms with E-state index >= 15 is 0 Å². The number of sulfonamides is 1. The smallest absolute Gasteiger partial charge is 0.261 e. The molecule has 3 aromatic carbocycles. The summed E-state index contributed by atoms with van der Waals surface area (Å²) in [5.74, 6) is 0.114. The number of rotatable bonds is 7. The number of hydrogen-bond acceptors (Lipinski definition) is 4. The minimum Gasteiger partial charge on any atom is -0.490 e. The van der Waals surface area contributed by atoms with E-state index in [1.165, 1.54) is 12.1 Å². The molecule has 0 bridgehead atoms. The molecular formula is C24H25BrN2O4S. The molecule has 2 N–H and O–H groups in total. The summed E-state index contributed by atoms with van der Waals surface area (Å²) in [6.45, 7) is 7.58. The number of anilines is 2. The Morgan fingerprint density at radius 1 is 0.906 bits per heavy atom. The van der Waals surface area contributed by atoms with Crippen LogP contribution in [0.1, 0.15) is 35.3 Å². The van der Waals surface area contributed by atoms with E-state index in [-0.39, 0.29) is 16.9 Å². The molecule has 168 valence electrons. The van der Waals surface area contributed by atoms with Crippen molar-refractivity contribution in [2.24, 2.45) is 0 Å². The van der Waals surface area contributed by atoms with Crippen molar-refractivity contribution in [1.29, 1.82) is 0 Å². The van der Waals surface area contributed by atoms with Gasteiger partial charge in [-0.2, -0.15) is 0 Å². The van der Waals surface area contributed by atoms with E-state index in [2.05, 4.69) is 26.0 Å². The summed E-state index contributed by atoms with van der Waals surface area (Å²) in [6, 6.07) is 16.7. The van der Waals surface area contributed by atoms with Crippen molar-refractivity contribution in [3.8, 4) is 5.75 Å². The number of aryl methyl sites for hydroxylation is 2. The molecule has 0 heterocycles. The third kappa shape index (κ3) is 6.11. The lowest BCUT2D eigenvalue weighted by molar-refractivity contribution is 0.102. The Balaban J connectivity index is 1.77. The molecule has 1 amide bonds. The molecule has 0 radical (unpaired) electrons. The summed E-state index contributed by atoms with van der Waals surface area (Å²) in [7, 11) is -3.76. The van der Waals surface area contributed by atoms with Gasteiger partial charge in [-0.3, -0.25) is 9.52 Å². The van der Waals surface area contributed by atoms with E-state index in [1.807, 2.05) is 33.8 Å². The maximum Gasteiger partial charge on any atom is 0.261 e. The van der Waals surface area contributed by atoms with Gasteiger partial charge < -0.3 is 10.1 Å². The minimum atomic E-state index is -3.76. The number of amides is 1. The Kier molecular flexibility index (Phi) is 7.26. The summed E-state index contributed by atoms with van der Waals surface area (Å²) in [6.07, 6.45) is -0.0862. The minimum absolute atomic E-state index is 0.0862. The predicted octanol–water partition coefficient (Wildman–Crippen LogP) is 5.91. The zero-order chi connectivity index (χ0) is 23.5. The van der Waals surface area contributed by atoms with Crippen LogP contribution < -0.4 is 14.8 Å². The number of nitrogens with one attached hydrogen (secondary N) is 2. The fourth-order valence-electron chi connectivity index (χ4n) is 3.20. The molecule has 0 unspecified atom stereocenters. The Bertz CT molecular complexity index is 1220. The lowest BCUT2D eigenvalue weighted by atomic mass is 10.1. The van der Waals surface area contributed by atoms with E-state index in [0.717, 1.165) is 15.6 Å². The maximum absolute atomic E-state index is 12.8. The van der Waals surface area contributed by atoms with Gasteiger partial charge in [-0.05, 0) is 93.4 Å². The first kappa shape index (κ1) is 23.8. The molecule has 6 nitrogen and oxygen atoms in total. The van der Waals surface area contributed by atoms with Crippen LogP contribution in [0, 0.1) is 13.8 Å². The van der Waals surface area contributed by atoms with Crippen LogP contribution in [0.15, 0.2) is 70.0 Å². The van der Waals surface area contributed by atoms with Crippen LogP contribution in [-0.2, 0) is 10.0 Å². The highest BCUT2D eigenvalue weighted by atomic mass is 79.9. The maximum atomic E-state index is 12.8. The fourth-order valence-corrected chi connectivity index (χ4v) is 4.60. The average molecular weight is 517 g/mol. The van der Waals surface area contributed by atoms with Crippen LogP contribution >= 0.6 is 15.9 Å². The fraction of sp³-hybridized carbons (Fsp3) is 0.208. The molecular weight excluding hydrogens is 492 g/mol. The number of halogens is 1. The number of ether oxygens (including phenoxy) is 1. The summed E-state index contributed by atoms with van der Waals surface area (Å²) in [5.41, 5.74) is 3.28. The SMILES string of the molecule is Cc1cc(C)cc(NS(=O)(=O)c2ccc(NC(=O)c3cc(Br)ccc3OC(C)C)cc2)c1. The molecule has 0 aliphatic carbocycles. The van der Waals surface area contributed by atoms with Crippen LogP contribution in [-0.4, -0.2) is 20.4 Å². The molecule has 0 fully saturated rings. The molecule has 8 heteroatoms. The lowest BCUT2D eigenvalue weighted by Crippen LogP contribution is -2.16. The highest BCUT2D eigenvalue weighted by molar-refractivity contribution is 9.10. The molecule has 0 spiro atoms. The van der Waals surface area contributed by atoms with Gasteiger partial charge in [0.2, 0.25) is 0 Å². The largest absolute Gasteiger partial charge is 0.490 e. The third-order valence-corrected chi connectivity index (χ3v) is 6.34. The Labute approximate surface area is 197 Å². The standard InChI is InChI=1S/C24H25BrN2O4S/c1-15(2)31-23-10-5-18(25)14-22(23)24(28)26-19-6-8-21(9-7-19)32(29,30)27-20-12-16(3)11-17(4)13-20/h5-15,27H,1-4H3,(H,26,28). The monoisotopic (exact) mass is 516 g/mol. The summed E-state index contributed by atoms with van der Waals surface area (Å²) >= 11 is 3.37. The van der Waals surface area contributed by atoms with Crippen molar-refractivity contribution >= 4 is 43.2 Å². The van der Waals surface area contributed by atoms with Crippen molar-refractivity contribution in [3.05, 3.63) is 81.8 Å². The van der Waals surface area contributed by atoms with Gasteiger partial charge in [0.05, 0.1) is 16.6 Å². The van der Waals surface area contributed by atoms with Crippen molar-refractivity contribution in [2.45, 2.75) is 38.7 Å². The molecule has 0 aliphatic heterocycles. The van der Waals surface area contributed by atoms with Crippen LogP contribution in [0.4, 0.5) is 11.4 Å². The van der Waals surface area contributed by atoms with Gasteiger partial charge in [-0.25, -0.2) is 8.42 Å². The van der Waals surface area contributed by atoms with E-state index in [9.17, 15) is 13.2 Å². The molecule has 0 saturated heterocycles. The second kappa shape index (κ2) is 9.75. The highest BCUT2D eigenvalue weighted by Gasteiger charge is 2.17. The van der Waals surface area contributed by atoms with E-state index in [4.69, 9.17) is 4.74 Å². The van der Waals surface area contributed by atoms with Crippen molar-refractivity contribution in [2.75, 3.05) is 10.0 Å². The Morgan fingerprint density at radius 3 is 2.12 bits per heavy atom. The van der Waals surface area contributed by atoms with E-state index in [0.29, 0.717) is 22.7 Å². The number of hydrogen-bond donors (Lipinski definition) is 2. The molecule has 0 atom stereocenters. The summed E-state index contributed by atoms with van der Waals surface area (Å²) in [4.78, 5) is 12.9.